The number of methoxy groups -OCH3 is 1. The van der Waals surface area contributed by atoms with E-state index in [2.05, 4.69) is 5.32 Å². The lowest BCUT2D eigenvalue weighted by Gasteiger charge is -2.30. The Hall–Kier alpha value is -1.22. The van der Waals surface area contributed by atoms with Crippen molar-refractivity contribution in [3.05, 3.63) is 29.3 Å². The Morgan fingerprint density at radius 1 is 1.29 bits per heavy atom. The number of ether oxygens (including phenoxy) is 1. The van der Waals surface area contributed by atoms with Crippen LogP contribution in [0.25, 0.3) is 0 Å². The van der Waals surface area contributed by atoms with E-state index in [0.29, 0.717) is 17.9 Å². The molecule has 94 valence electrons. The van der Waals surface area contributed by atoms with Gasteiger partial charge in [-0.1, -0.05) is 25.4 Å². The van der Waals surface area contributed by atoms with Crippen LogP contribution in [0.15, 0.2) is 24.3 Å². The summed E-state index contributed by atoms with van der Waals surface area (Å²) in [6.07, 6.45) is 1.33. The summed E-state index contributed by atoms with van der Waals surface area (Å²) in [5.41, 5.74) is 0.200. The second-order valence-corrected chi connectivity index (χ2v) is 4.35. The van der Waals surface area contributed by atoms with Crippen LogP contribution in [0.2, 0.25) is 5.02 Å². The first-order chi connectivity index (χ1) is 8.07. The molecule has 0 aromatic heterocycles. The topological polar surface area (TPSA) is 38.3 Å². The first kappa shape index (κ1) is 13.8. The molecule has 4 heteroatoms. The highest BCUT2D eigenvalue weighted by atomic mass is 35.5. The van der Waals surface area contributed by atoms with Crippen molar-refractivity contribution >= 4 is 23.3 Å². The summed E-state index contributed by atoms with van der Waals surface area (Å²) >= 11 is 5.82. The highest BCUT2D eigenvalue weighted by Gasteiger charge is 2.35. The minimum Gasteiger partial charge on any atom is -0.467 e. The SMILES string of the molecule is CCC(CC)(Nc1ccc(Cl)cc1)C(=O)OC. The fourth-order valence-corrected chi connectivity index (χ4v) is 1.90. The molecular formula is C13H18ClNO2. The van der Waals surface area contributed by atoms with Crippen LogP contribution in [0.3, 0.4) is 0 Å². The smallest absolute Gasteiger partial charge is 0.331 e. The zero-order chi connectivity index (χ0) is 12.9. The number of hydrogen-bond donors (Lipinski definition) is 1. The monoisotopic (exact) mass is 255 g/mol. The third-order valence-corrected chi connectivity index (χ3v) is 3.26. The molecule has 1 N–H and O–H groups in total. The maximum Gasteiger partial charge on any atom is 0.331 e. The zero-order valence-electron chi connectivity index (χ0n) is 10.4. The number of rotatable bonds is 5. The Morgan fingerprint density at radius 3 is 2.24 bits per heavy atom. The minimum absolute atomic E-state index is 0.238. The average Bonchev–Trinajstić information content (AvgIpc) is 2.37. The van der Waals surface area contributed by atoms with Gasteiger partial charge in [-0.25, -0.2) is 4.79 Å². The van der Waals surface area contributed by atoms with E-state index >= 15 is 0 Å². The molecule has 0 fully saturated rings. The van der Waals surface area contributed by atoms with E-state index in [9.17, 15) is 4.79 Å². The molecule has 1 aromatic rings. The van der Waals surface area contributed by atoms with E-state index in [-0.39, 0.29) is 5.97 Å². The molecule has 0 radical (unpaired) electrons. The zero-order valence-corrected chi connectivity index (χ0v) is 11.2. The summed E-state index contributed by atoms with van der Waals surface area (Å²) < 4.78 is 4.87. The highest BCUT2D eigenvalue weighted by molar-refractivity contribution is 6.30. The fourth-order valence-electron chi connectivity index (χ4n) is 1.77. The van der Waals surface area contributed by atoms with Gasteiger partial charge in [-0.05, 0) is 37.1 Å². The van der Waals surface area contributed by atoms with Crippen LogP contribution in [0, 0.1) is 0 Å². The van der Waals surface area contributed by atoms with Crippen molar-refractivity contribution in [2.75, 3.05) is 12.4 Å². The lowest BCUT2D eigenvalue weighted by atomic mass is 9.92. The highest BCUT2D eigenvalue weighted by Crippen LogP contribution is 2.24. The first-order valence-corrected chi connectivity index (χ1v) is 6.08. The van der Waals surface area contributed by atoms with Gasteiger partial charge in [-0.15, -0.1) is 0 Å². The molecule has 0 unspecified atom stereocenters. The number of esters is 1. The van der Waals surface area contributed by atoms with Crippen LogP contribution in [-0.2, 0) is 9.53 Å². The molecule has 3 nitrogen and oxygen atoms in total. The Balaban J connectivity index is 2.93. The largest absolute Gasteiger partial charge is 0.467 e. The lowest BCUT2D eigenvalue weighted by molar-refractivity contribution is -0.146. The van der Waals surface area contributed by atoms with Crippen molar-refractivity contribution in [2.45, 2.75) is 32.2 Å². The molecule has 0 spiro atoms. The van der Waals surface area contributed by atoms with E-state index in [4.69, 9.17) is 16.3 Å². The summed E-state index contributed by atoms with van der Waals surface area (Å²) in [6.45, 7) is 3.92. The Kier molecular flexibility index (Phi) is 4.82. The third-order valence-electron chi connectivity index (χ3n) is 3.01. The maximum absolute atomic E-state index is 11.9. The second kappa shape index (κ2) is 5.92. The molecule has 0 heterocycles. The van der Waals surface area contributed by atoms with E-state index < -0.39 is 5.54 Å². The Labute approximate surface area is 107 Å². The number of carbonyl (C=O) groups excluding carboxylic acids is 1. The second-order valence-electron chi connectivity index (χ2n) is 3.91. The molecule has 0 saturated heterocycles. The molecule has 0 saturated carbocycles. The van der Waals surface area contributed by atoms with Crippen LogP contribution in [0.5, 0.6) is 0 Å². The molecule has 1 rings (SSSR count). The molecule has 0 aliphatic heterocycles. The van der Waals surface area contributed by atoms with Gasteiger partial charge < -0.3 is 10.1 Å². The van der Waals surface area contributed by atoms with Crippen molar-refractivity contribution in [3.63, 3.8) is 0 Å². The molecule has 1 aromatic carbocycles. The summed E-state index contributed by atoms with van der Waals surface area (Å²) in [5.74, 6) is -0.238. The molecule has 0 bridgehead atoms. The van der Waals surface area contributed by atoms with Gasteiger partial charge in [0.1, 0.15) is 5.54 Å². The Bertz CT molecular complexity index is 372. The van der Waals surface area contributed by atoms with Gasteiger partial charge >= 0.3 is 5.97 Å². The molecule has 0 atom stereocenters. The van der Waals surface area contributed by atoms with Crippen molar-refractivity contribution in [3.8, 4) is 0 Å². The van der Waals surface area contributed by atoms with E-state index in [0.717, 1.165) is 5.69 Å². The van der Waals surface area contributed by atoms with E-state index in [1.165, 1.54) is 7.11 Å². The molecule has 0 amide bonds. The van der Waals surface area contributed by atoms with Crippen LogP contribution >= 0.6 is 11.6 Å². The van der Waals surface area contributed by atoms with Crippen molar-refractivity contribution in [1.82, 2.24) is 0 Å². The van der Waals surface area contributed by atoms with Crippen LogP contribution in [-0.4, -0.2) is 18.6 Å². The summed E-state index contributed by atoms with van der Waals surface area (Å²) in [6, 6.07) is 7.28. The number of anilines is 1. The number of halogens is 1. The van der Waals surface area contributed by atoms with E-state index in [1.54, 1.807) is 12.1 Å². The minimum atomic E-state index is -0.664. The number of carbonyl (C=O) groups is 1. The van der Waals surface area contributed by atoms with Crippen LogP contribution in [0.4, 0.5) is 5.69 Å². The van der Waals surface area contributed by atoms with Crippen LogP contribution in [0.1, 0.15) is 26.7 Å². The van der Waals surface area contributed by atoms with Gasteiger partial charge in [0, 0.05) is 10.7 Å². The lowest BCUT2D eigenvalue weighted by Crippen LogP contribution is -2.46. The summed E-state index contributed by atoms with van der Waals surface area (Å²) in [5, 5.41) is 3.91. The quantitative estimate of drug-likeness (QED) is 0.819. The number of hydrogen-bond acceptors (Lipinski definition) is 3. The normalized spacial score (nSPS) is 11.1. The van der Waals surface area contributed by atoms with Gasteiger partial charge in [0.25, 0.3) is 0 Å². The van der Waals surface area contributed by atoms with Gasteiger partial charge in [-0.3, -0.25) is 0 Å². The van der Waals surface area contributed by atoms with Crippen LogP contribution < -0.4 is 5.32 Å². The van der Waals surface area contributed by atoms with Crippen molar-refractivity contribution < 1.29 is 9.53 Å². The fraction of sp³-hybridized carbons (Fsp3) is 0.462. The molecular weight excluding hydrogens is 238 g/mol. The maximum atomic E-state index is 11.9. The van der Waals surface area contributed by atoms with Gasteiger partial charge in [0.2, 0.25) is 0 Å². The van der Waals surface area contributed by atoms with Gasteiger partial charge in [0.15, 0.2) is 0 Å². The first-order valence-electron chi connectivity index (χ1n) is 5.70. The van der Waals surface area contributed by atoms with Gasteiger partial charge in [-0.2, -0.15) is 0 Å². The number of benzene rings is 1. The summed E-state index contributed by atoms with van der Waals surface area (Å²) in [7, 11) is 1.41. The van der Waals surface area contributed by atoms with Gasteiger partial charge in [0.05, 0.1) is 7.11 Å². The summed E-state index contributed by atoms with van der Waals surface area (Å²) in [4.78, 5) is 11.9. The molecule has 0 aliphatic rings. The number of nitrogens with one attached hydrogen (secondary N) is 1. The van der Waals surface area contributed by atoms with Crippen molar-refractivity contribution in [2.24, 2.45) is 0 Å². The third kappa shape index (κ3) is 3.13. The standard InChI is InChI=1S/C13H18ClNO2/c1-4-13(5-2,12(16)17-3)15-11-8-6-10(14)7-9-11/h6-9,15H,4-5H2,1-3H3. The Morgan fingerprint density at radius 2 is 1.82 bits per heavy atom. The van der Waals surface area contributed by atoms with Crippen molar-refractivity contribution in [1.29, 1.82) is 0 Å². The predicted molar refractivity (Wildman–Crippen MR) is 70.4 cm³/mol. The van der Waals surface area contributed by atoms with E-state index in [1.807, 2.05) is 26.0 Å². The molecule has 0 aliphatic carbocycles. The average molecular weight is 256 g/mol. The molecule has 17 heavy (non-hydrogen) atoms. The predicted octanol–water partition coefficient (Wildman–Crippen LogP) is 3.48.